The quantitative estimate of drug-likeness (QED) is 0.690. The molecule has 3 N–H and O–H groups in total. The Hall–Kier alpha value is -2.82. The standard InChI is InChI=1S/C19H20N4O/c1-12(18-21-16-8-4-5-9-17(16)22-18)20-19(24)23-15-11-10-13-6-2-3-7-14(13)15/h2-9,12,15H,10-11H2,1H3,(H,21,22)(H2,20,23,24). The van der Waals surface area contributed by atoms with E-state index in [2.05, 4.69) is 32.7 Å². The SMILES string of the molecule is CC(NC(=O)NC1CCc2ccccc21)c1nc2ccccc2[nH]1. The van der Waals surface area contributed by atoms with E-state index in [1.54, 1.807) is 0 Å². The zero-order chi connectivity index (χ0) is 16.5. The average Bonchev–Trinajstić information content (AvgIpc) is 3.19. The Labute approximate surface area is 140 Å². The van der Waals surface area contributed by atoms with Crippen LogP contribution in [-0.4, -0.2) is 16.0 Å². The summed E-state index contributed by atoms with van der Waals surface area (Å²) in [6.07, 6.45) is 1.96. The molecule has 0 saturated carbocycles. The highest BCUT2D eigenvalue weighted by atomic mass is 16.2. The van der Waals surface area contributed by atoms with Crippen LogP contribution < -0.4 is 10.6 Å². The predicted molar refractivity (Wildman–Crippen MR) is 93.7 cm³/mol. The van der Waals surface area contributed by atoms with Gasteiger partial charge in [0.2, 0.25) is 0 Å². The molecule has 122 valence electrons. The minimum Gasteiger partial charge on any atom is -0.340 e. The summed E-state index contributed by atoms with van der Waals surface area (Å²) < 4.78 is 0. The average molecular weight is 320 g/mol. The van der Waals surface area contributed by atoms with Crippen LogP contribution in [0.1, 0.15) is 42.4 Å². The van der Waals surface area contributed by atoms with Gasteiger partial charge in [0.25, 0.3) is 0 Å². The number of carbonyl (C=O) groups is 1. The van der Waals surface area contributed by atoms with Crippen LogP contribution in [0.3, 0.4) is 0 Å². The zero-order valence-corrected chi connectivity index (χ0v) is 13.5. The highest BCUT2D eigenvalue weighted by Gasteiger charge is 2.24. The van der Waals surface area contributed by atoms with Crippen molar-refractivity contribution in [3.63, 3.8) is 0 Å². The molecule has 2 aromatic carbocycles. The Kier molecular flexibility index (Phi) is 3.69. The van der Waals surface area contributed by atoms with Crippen LogP contribution in [0.15, 0.2) is 48.5 Å². The van der Waals surface area contributed by atoms with Crippen molar-refractivity contribution in [3.05, 3.63) is 65.5 Å². The first kappa shape index (κ1) is 14.8. The second-order valence-electron chi connectivity index (χ2n) is 6.27. The van der Waals surface area contributed by atoms with Gasteiger partial charge in [0.1, 0.15) is 5.82 Å². The Morgan fingerprint density at radius 3 is 2.88 bits per heavy atom. The maximum absolute atomic E-state index is 12.3. The van der Waals surface area contributed by atoms with Crippen LogP contribution in [0.2, 0.25) is 0 Å². The van der Waals surface area contributed by atoms with E-state index in [0.29, 0.717) is 0 Å². The molecule has 1 heterocycles. The first-order chi connectivity index (χ1) is 11.7. The fourth-order valence-electron chi connectivity index (χ4n) is 3.35. The van der Waals surface area contributed by atoms with E-state index in [-0.39, 0.29) is 18.1 Å². The highest BCUT2D eigenvalue weighted by molar-refractivity contribution is 5.76. The van der Waals surface area contributed by atoms with Gasteiger partial charge in [-0.3, -0.25) is 0 Å². The number of hydrogen-bond donors (Lipinski definition) is 3. The summed E-state index contributed by atoms with van der Waals surface area (Å²) in [6.45, 7) is 1.93. The van der Waals surface area contributed by atoms with Gasteiger partial charge in [-0.1, -0.05) is 36.4 Å². The lowest BCUT2D eigenvalue weighted by molar-refractivity contribution is 0.233. The van der Waals surface area contributed by atoms with Crippen LogP contribution in [0.5, 0.6) is 0 Å². The number of rotatable bonds is 3. The first-order valence-corrected chi connectivity index (χ1v) is 8.30. The largest absolute Gasteiger partial charge is 0.340 e. The van der Waals surface area contributed by atoms with E-state index in [4.69, 9.17) is 0 Å². The highest BCUT2D eigenvalue weighted by Crippen LogP contribution is 2.30. The van der Waals surface area contributed by atoms with Crippen molar-refractivity contribution in [1.82, 2.24) is 20.6 Å². The molecule has 0 saturated heterocycles. The second kappa shape index (κ2) is 6.00. The lowest BCUT2D eigenvalue weighted by Crippen LogP contribution is -2.38. The van der Waals surface area contributed by atoms with Gasteiger partial charge in [-0.2, -0.15) is 0 Å². The topological polar surface area (TPSA) is 69.8 Å². The summed E-state index contributed by atoms with van der Waals surface area (Å²) in [4.78, 5) is 20.1. The Morgan fingerprint density at radius 1 is 1.21 bits per heavy atom. The van der Waals surface area contributed by atoms with Gasteiger partial charge in [0, 0.05) is 0 Å². The van der Waals surface area contributed by atoms with Crippen molar-refractivity contribution < 1.29 is 4.79 Å². The third-order valence-corrected chi connectivity index (χ3v) is 4.60. The lowest BCUT2D eigenvalue weighted by atomic mass is 10.1. The number of nitrogens with one attached hydrogen (secondary N) is 3. The molecule has 0 aliphatic heterocycles. The van der Waals surface area contributed by atoms with E-state index >= 15 is 0 Å². The van der Waals surface area contributed by atoms with Crippen LogP contribution in [0, 0.1) is 0 Å². The van der Waals surface area contributed by atoms with Crippen molar-refractivity contribution in [2.75, 3.05) is 0 Å². The van der Waals surface area contributed by atoms with E-state index in [1.807, 2.05) is 43.3 Å². The normalized spacial score (nSPS) is 17.5. The number of carbonyl (C=O) groups excluding carboxylic acids is 1. The molecule has 2 amide bonds. The molecule has 5 heteroatoms. The Morgan fingerprint density at radius 2 is 2.00 bits per heavy atom. The third kappa shape index (κ3) is 2.73. The maximum atomic E-state index is 12.3. The molecular weight excluding hydrogens is 300 g/mol. The summed E-state index contributed by atoms with van der Waals surface area (Å²) in [5.74, 6) is 0.762. The van der Waals surface area contributed by atoms with Gasteiger partial charge >= 0.3 is 6.03 Å². The van der Waals surface area contributed by atoms with Gasteiger partial charge in [0.15, 0.2) is 0 Å². The van der Waals surface area contributed by atoms with E-state index in [0.717, 1.165) is 29.7 Å². The molecule has 1 aliphatic rings. The molecule has 24 heavy (non-hydrogen) atoms. The number of aryl methyl sites for hydroxylation is 1. The fourth-order valence-corrected chi connectivity index (χ4v) is 3.35. The van der Waals surface area contributed by atoms with Crippen molar-refractivity contribution >= 4 is 17.1 Å². The number of fused-ring (bicyclic) bond motifs is 2. The second-order valence-corrected chi connectivity index (χ2v) is 6.27. The molecule has 3 aromatic rings. The lowest BCUT2D eigenvalue weighted by Gasteiger charge is -2.17. The van der Waals surface area contributed by atoms with E-state index in [9.17, 15) is 4.79 Å². The summed E-state index contributed by atoms with van der Waals surface area (Å²) >= 11 is 0. The van der Waals surface area contributed by atoms with Crippen LogP contribution in [0.25, 0.3) is 11.0 Å². The maximum Gasteiger partial charge on any atom is 0.315 e. The van der Waals surface area contributed by atoms with Gasteiger partial charge < -0.3 is 15.6 Å². The van der Waals surface area contributed by atoms with E-state index in [1.165, 1.54) is 11.1 Å². The van der Waals surface area contributed by atoms with Crippen LogP contribution >= 0.6 is 0 Å². The number of benzene rings is 2. The number of para-hydroxylation sites is 2. The third-order valence-electron chi connectivity index (χ3n) is 4.60. The van der Waals surface area contributed by atoms with Gasteiger partial charge in [0.05, 0.1) is 23.1 Å². The zero-order valence-electron chi connectivity index (χ0n) is 13.5. The monoisotopic (exact) mass is 320 g/mol. The van der Waals surface area contributed by atoms with Crippen molar-refractivity contribution in [3.8, 4) is 0 Å². The number of imidazole rings is 1. The summed E-state index contributed by atoms with van der Waals surface area (Å²) in [7, 11) is 0. The molecule has 2 atom stereocenters. The molecule has 0 bridgehead atoms. The molecule has 5 nitrogen and oxygen atoms in total. The molecule has 2 unspecified atom stereocenters. The Bertz CT molecular complexity index is 853. The number of hydrogen-bond acceptors (Lipinski definition) is 2. The smallest absolute Gasteiger partial charge is 0.315 e. The van der Waals surface area contributed by atoms with Gasteiger partial charge in [-0.05, 0) is 43.0 Å². The summed E-state index contributed by atoms with van der Waals surface area (Å²) in [6, 6.07) is 15.9. The number of H-pyrrole nitrogens is 1. The Balaban J connectivity index is 1.42. The molecule has 1 aromatic heterocycles. The fraction of sp³-hybridized carbons (Fsp3) is 0.263. The van der Waals surface area contributed by atoms with Crippen LogP contribution in [0.4, 0.5) is 4.79 Å². The van der Waals surface area contributed by atoms with Crippen molar-refractivity contribution in [2.45, 2.75) is 31.8 Å². The molecule has 0 radical (unpaired) electrons. The molecule has 4 rings (SSSR count). The van der Waals surface area contributed by atoms with Gasteiger partial charge in [-0.15, -0.1) is 0 Å². The number of nitrogens with zero attached hydrogens (tertiary/aromatic N) is 1. The minimum absolute atomic E-state index is 0.0871. The first-order valence-electron chi connectivity index (χ1n) is 8.30. The summed E-state index contributed by atoms with van der Waals surface area (Å²) in [5.41, 5.74) is 4.44. The number of amides is 2. The molecule has 0 fully saturated rings. The molecule has 1 aliphatic carbocycles. The molecule has 0 spiro atoms. The predicted octanol–water partition coefficient (Wildman–Crippen LogP) is 3.61. The number of aromatic nitrogens is 2. The van der Waals surface area contributed by atoms with Crippen LogP contribution in [-0.2, 0) is 6.42 Å². The number of urea groups is 1. The van der Waals surface area contributed by atoms with Crippen molar-refractivity contribution in [2.24, 2.45) is 0 Å². The number of aromatic amines is 1. The van der Waals surface area contributed by atoms with Crippen molar-refractivity contribution in [1.29, 1.82) is 0 Å². The summed E-state index contributed by atoms with van der Waals surface area (Å²) in [5, 5.41) is 6.05. The minimum atomic E-state index is -0.186. The van der Waals surface area contributed by atoms with E-state index < -0.39 is 0 Å². The molecular formula is C19H20N4O. The van der Waals surface area contributed by atoms with Gasteiger partial charge in [-0.25, -0.2) is 9.78 Å².